The Kier molecular flexibility index (Phi) is 19.9. The number of sulfonamides is 1. The first-order valence-electron chi connectivity index (χ1n) is 22.7. The number of aliphatic hydroxyl groups is 1. The third kappa shape index (κ3) is 15.6. The highest BCUT2D eigenvalue weighted by atomic mass is 35.5. The average molecular weight is 1090 g/mol. The molecule has 0 unspecified atom stereocenters. The lowest BCUT2D eigenvalue weighted by Gasteiger charge is -2.36. The van der Waals surface area contributed by atoms with Crippen LogP contribution in [-0.4, -0.2) is 118 Å². The number of hydrogen-bond acceptors (Lipinski definition) is 14. The second-order valence-corrected chi connectivity index (χ2v) is 23.1. The van der Waals surface area contributed by atoms with Gasteiger partial charge in [0.1, 0.15) is 11.5 Å². The van der Waals surface area contributed by atoms with E-state index >= 15 is 0 Å². The number of piperidine rings is 1. The molecule has 1 heterocycles. The molecule has 0 bridgehead atoms. The number of ether oxygens (including phenoxy) is 1. The zero-order valence-electron chi connectivity index (χ0n) is 39.0. The molecular weight excluding hydrogens is 1040 g/mol. The van der Waals surface area contributed by atoms with Gasteiger partial charge in [-0.15, -0.1) is 23.5 Å². The molecule has 1 aliphatic heterocycles. The molecule has 386 valence electrons. The normalized spacial score (nSPS) is 14.4. The van der Waals surface area contributed by atoms with Crippen LogP contribution in [-0.2, 0) is 34.2 Å². The van der Waals surface area contributed by atoms with Crippen LogP contribution in [0.15, 0.2) is 136 Å². The van der Waals surface area contributed by atoms with Crippen molar-refractivity contribution in [3.05, 3.63) is 137 Å². The molecule has 22 heteroatoms. The van der Waals surface area contributed by atoms with Gasteiger partial charge < -0.3 is 30.1 Å². The van der Waals surface area contributed by atoms with Crippen LogP contribution in [0.25, 0.3) is 11.1 Å². The van der Waals surface area contributed by atoms with Gasteiger partial charge in [0.25, 0.3) is 25.8 Å². The van der Waals surface area contributed by atoms with Gasteiger partial charge in [0.2, 0.25) is 0 Å². The zero-order valence-corrected chi connectivity index (χ0v) is 43.0. The SMILES string of the molecule is CN(CCC[C@H](CSc1ccccc1)Nc1ccc(S(=O)(=O)NC(=O)c2ccc(N3CCC([C@@H](O)c4ccccc4-c4ccc(Cl)cc4)CC3)cc2)cc1S(=O)(=O)C(F)(F)F)CCOC(=O)CSCC(=O)O. The van der Waals surface area contributed by atoms with Crippen LogP contribution < -0.4 is 14.9 Å². The Hall–Kier alpha value is -5.29. The number of carbonyl (C=O) groups excluding carboxylic acids is 2. The van der Waals surface area contributed by atoms with Gasteiger partial charge in [0.05, 0.1) is 28.2 Å². The molecular formula is C50H54ClF3N4O10S4. The van der Waals surface area contributed by atoms with E-state index in [4.69, 9.17) is 21.4 Å². The summed E-state index contributed by atoms with van der Waals surface area (Å²) in [6, 6.07) is 31.9. The smallest absolute Gasteiger partial charge is 0.481 e. The van der Waals surface area contributed by atoms with E-state index in [2.05, 4.69) is 10.2 Å². The number of benzene rings is 5. The highest BCUT2D eigenvalue weighted by Crippen LogP contribution is 2.39. The second-order valence-electron chi connectivity index (χ2n) is 17.0. The molecule has 2 atom stereocenters. The minimum atomic E-state index is -6.15. The number of nitrogens with zero attached hydrogens (tertiary/aromatic N) is 2. The maximum Gasteiger partial charge on any atom is 0.501 e. The molecule has 5 aromatic carbocycles. The number of thioether (sulfide) groups is 2. The van der Waals surface area contributed by atoms with Crippen LogP contribution in [0.3, 0.4) is 0 Å². The fourth-order valence-electron chi connectivity index (χ4n) is 8.00. The number of aliphatic carboxylic acids is 1. The lowest BCUT2D eigenvalue weighted by Crippen LogP contribution is -2.36. The summed E-state index contributed by atoms with van der Waals surface area (Å²) in [5, 5.41) is 23.8. The van der Waals surface area contributed by atoms with E-state index in [-0.39, 0.29) is 35.3 Å². The Bertz CT molecular complexity index is 2860. The average Bonchev–Trinajstić information content (AvgIpc) is 3.35. The summed E-state index contributed by atoms with van der Waals surface area (Å²) in [5.74, 6) is -2.85. The first-order chi connectivity index (χ1) is 34.2. The third-order valence-electron chi connectivity index (χ3n) is 11.8. The molecule has 0 aromatic heterocycles. The Labute approximate surface area is 430 Å². The van der Waals surface area contributed by atoms with Crippen molar-refractivity contribution in [1.82, 2.24) is 9.62 Å². The number of carboxylic acids is 1. The molecule has 14 nitrogen and oxygen atoms in total. The maximum atomic E-state index is 14.3. The van der Waals surface area contributed by atoms with Crippen molar-refractivity contribution in [2.24, 2.45) is 5.92 Å². The fraction of sp³-hybridized carbons (Fsp3) is 0.340. The van der Waals surface area contributed by atoms with Crippen molar-refractivity contribution in [2.75, 3.05) is 67.3 Å². The van der Waals surface area contributed by atoms with Crippen molar-refractivity contribution < 1.29 is 59.3 Å². The third-order valence-corrected chi connectivity index (χ3v) is 17.0. The van der Waals surface area contributed by atoms with Crippen molar-refractivity contribution >= 4 is 84.2 Å². The van der Waals surface area contributed by atoms with Crippen LogP contribution >= 0.6 is 35.1 Å². The number of halogens is 4. The van der Waals surface area contributed by atoms with Crippen LogP contribution in [0.5, 0.6) is 0 Å². The number of carboxylic acid groups (broad SMARTS) is 1. The summed E-state index contributed by atoms with van der Waals surface area (Å²) in [7, 11) is -9.31. The van der Waals surface area contributed by atoms with Crippen LogP contribution in [0.2, 0.25) is 5.02 Å². The molecule has 0 saturated carbocycles. The number of sulfone groups is 1. The molecule has 1 saturated heterocycles. The topological polar surface area (TPSA) is 200 Å². The number of amides is 1. The summed E-state index contributed by atoms with van der Waals surface area (Å²) in [6.07, 6.45) is 1.36. The van der Waals surface area contributed by atoms with Gasteiger partial charge >= 0.3 is 17.4 Å². The highest BCUT2D eigenvalue weighted by molar-refractivity contribution is 8.00. The Morgan fingerprint density at radius 1 is 0.875 bits per heavy atom. The van der Waals surface area contributed by atoms with Gasteiger partial charge in [-0.05, 0) is 129 Å². The standard InChI is InChI=1S/C50H54ClF3N4O10S4/c1-57(28-29-68-47(61)33-69-32-46(59)60)25-7-8-38(31-70-40-9-3-2-4-10-40)55-44-22-21-41(30-45(44)71(64,65)50(52,53)54)72(66,67)56-49(63)36-15-19-39(20-16-36)58-26-23-35(24-27-58)48(62)43-12-6-5-11-42(43)34-13-17-37(51)18-14-34/h2-6,9-22,30,35,38,48,55,62H,7-8,23-29,31-33H2,1H3,(H,56,63)(H,59,60)/t38-,48-/m1/s1. The molecule has 0 radical (unpaired) electrons. The number of rotatable bonds is 24. The van der Waals surface area contributed by atoms with E-state index in [9.17, 15) is 49.5 Å². The molecule has 1 aliphatic rings. The largest absolute Gasteiger partial charge is 0.501 e. The van der Waals surface area contributed by atoms with Gasteiger partial charge in [-0.25, -0.2) is 21.6 Å². The number of alkyl halides is 3. The molecule has 0 spiro atoms. The predicted molar refractivity (Wildman–Crippen MR) is 275 cm³/mol. The number of carbonyl (C=O) groups is 3. The highest BCUT2D eigenvalue weighted by Gasteiger charge is 2.48. The van der Waals surface area contributed by atoms with Gasteiger partial charge in [0.15, 0.2) is 0 Å². The van der Waals surface area contributed by atoms with E-state index in [1.807, 2.05) is 76.4 Å². The van der Waals surface area contributed by atoms with E-state index in [0.29, 0.717) is 63.0 Å². The summed E-state index contributed by atoms with van der Waals surface area (Å²) in [5.41, 5.74) is -2.98. The molecule has 6 rings (SSSR count). The number of likely N-dealkylation sites (N-methyl/N-ethyl adjacent to an activating group) is 1. The number of anilines is 2. The van der Waals surface area contributed by atoms with Crippen molar-refractivity contribution in [3.8, 4) is 11.1 Å². The summed E-state index contributed by atoms with van der Waals surface area (Å²) >= 11 is 8.38. The van der Waals surface area contributed by atoms with E-state index in [1.54, 1.807) is 31.3 Å². The number of nitrogens with one attached hydrogen (secondary N) is 2. The number of esters is 1. The quantitative estimate of drug-likeness (QED) is 0.0337. The van der Waals surface area contributed by atoms with Gasteiger partial charge in [-0.2, -0.15) is 13.2 Å². The van der Waals surface area contributed by atoms with Crippen molar-refractivity contribution in [3.63, 3.8) is 0 Å². The molecule has 4 N–H and O–H groups in total. The summed E-state index contributed by atoms with van der Waals surface area (Å²) in [6.45, 7) is 1.98. The summed E-state index contributed by atoms with van der Waals surface area (Å²) < 4.78 is 103. The Balaban J connectivity index is 1.10. The molecule has 1 amide bonds. The molecule has 1 fully saturated rings. The first-order valence-corrected chi connectivity index (χ1v) is 28.2. The van der Waals surface area contributed by atoms with Gasteiger partial charge in [-0.3, -0.25) is 14.4 Å². The molecule has 5 aromatic rings. The van der Waals surface area contributed by atoms with Crippen molar-refractivity contribution in [2.45, 2.75) is 58.0 Å². The van der Waals surface area contributed by atoms with Gasteiger partial charge in [0, 0.05) is 52.6 Å². The second kappa shape index (κ2) is 25.6. The van der Waals surface area contributed by atoms with Gasteiger partial charge in [-0.1, -0.05) is 66.2 Å². The predicted octanol–water partition coefficient (Wildman–Crippen LogP) is 9.02. The maximum absolute atomic E-state index is 14.3. The molecule has 72 heavy (non-hydrogen) atoms. The lowest BCUT2D eigenvalue weighted by atomic mass is 9.84. The first kappa shape index (κ1) is 56.0. The fourth-order valence-corrected chi connectivity index (χ4v) is 11.7. The number of aliphatic hydroxyl groups excluding tert-OH is 1. The monoisotopic (exact) mass is 1090 g/mol. The summed E-state index contributed by atoms with van der Waals surface area (Å²) in [4.78, 5) is 38.5. The van der Waals surface area contributed by atoms with Crippen LogP contribution in [0.4, 0.5) is 24.5 Å². The Morgan fingerprint density at radius 3 is 2.21 bits per heavy atom. The molecule has 0 aliphatic carbocycles. The van der Waals surface area contributed by atoms with Crippen LogP contribution in [0, 0.1) is 5.92 Å². The lowest BCUT2D eigenvalue weighted by molar-refractivity contribution is -0.140. The number of hydrogen-bond donors (Lipinski definition) is 4. The van der Waals surface area contributed by atoms with E-state index in [1.165, 1.54) is 23.9 Å². The van der Waals surface area contributed by atoms with Crippen molar-refractivity contribution in [1.29, 1.82) is 0 Å². The van der Waals surface area contributed by atoms with E-state index in [0.717, 1.165) is 51.2 Å². The Morgan fingerprint density at radius 2 is 1.54 bits per heavy atom. The minimum Gasteiger partial charge on any atom is -0.481 e. The van der Waals surface area contributed by atoms with Crippen LogP contribution in [0.1, 0.15) is 47.7 Å². The zero-order chi connectivity index (χ0) is 52.1. The van der Waals surface area contributed by atoms with E-state index < -0.39 is 70.8 Å². The minimum absolute atomic E-state index is 0.0340.